The zero-order valence-electron chi connectivity index (χ0n) is 15.0. The molecule has 0 aromatic heterocycles. The highest BCUT2D eigenvalue weighted by Crippen LogP contribution is 2.16. The van der Waals surface area contributed by atoms with Gasteiger partial charge >= 0.3 is 11.9 Å². The van der Waals surface area contributed by atoms with Crippen molar-refractivity contribution in [1.82, 2.24) is 0 Å². The maximum atomic E-state index is 11.0. The largest absolute Gasteiger partial charge is 0.462 e. The Morgan fingerprint density at radius 1 is 1.00 bits per heavy atom. The SMILES string of the molecule is C=CC(=O)OCCOC(C)(C)CCOC(CC)CCOC(=O)C=C. The van der Waals surface area contributed by atoms with Crippen LogP contribution in [-0.2, 0) is 28.5 Å². The number of ether oxygens (including phenoxy) is 4. The minimum Gasteiger partial charge on any atom is -0.462 e. The first-order valence-corrected chi connectivity index (χ1v) is 8.18. The monoisotopic (exact) mass is 342 g/mol. The molecule has 0 aliphatic carbocycles. The van der Waals surface area contributed by atoms with Crippen molar-refractivity contribution >= 4 is 11.9 Å². The molecule has 0 amide bonds. The maximum absolute atomic E-state index is 11.0. The molecule has 6 nitrogen and oxygen atoms in total. The van der Waals surface area contributed by atoms with Gasteiger partial charge in [0, 0.05) is 25.2 Å². The number of rotatable bonds is 14. The minimum atomic E-state index is -0.456. The van der Waals surface area contributed by atoms with Crippen molar-refractivity contribution < 1.29 is 28.5 Å². The standard InChI is InChI=1S/C18H30O6/c1-6-15(9-11-22-16(19)7-2)21-12-10-18(4,5)24-14-13-23-17(20)8-3/h7-8,15H,2-3,6,9-14H2,1,4-5H3. The van der Waals surface area contributed by atoms with Gasteiger partial charge in [-0.15, -0.1) is 0 Å². The summed E-state index contributed by atoms with van der Waals surface area (Å²) in [5.41, 5.74) is -0.381. The fourth-order valence-corrected chi connectivity index (χ4v) is 1.82. The van der Waals surface area contributed by atoms with Gasteiger partial charge < -0.3 is 18.9 Å². The summed E-state index contributed by atoms with van der Waals surface area (Å²) >= 11 is 0. The summed E-state index contributed by atoms with van der Waals surface area (Å²) in [5.74, 6) is -0.876. The quantitative estimate of drug-likeness (QED) is 0.275. The van der Waals surface area contributed by atoms with Gasteiger partial charge in [-0.25, -0.2) is 9.59 Å². The van der Waals surface area contributed by atoms with Crippen LogP contribution in [0.2, 0.25) is 0 Å². The molecule has 0 bridgehead atoms. The molecule has 0 rings (SSSR count). The molecule has 0 aromatic carbocycles. The normalized spacial score (nSPS) is 12.3. The molecular formula is C18H30O6. The lowest BCUT2D eigenvalue weighted by Crippen LogP contribution is -2.29. The highest BCUT2D eigenvalue weighted by Gasteiger charge is 2.19. The Labute approximate surface area is 144 Å². The Hall–Kier alpha value is -1.66. The Kier molecular flexibility index (Phi) is 11.8. The molecule has 24 heavy (non-hydrogen) atoms. The van der Waals surface area contributed by atoms with E-state index in [4.69, 9.17) is 18.9 Å². The molecule has 0 aliphatic heterocycles. The van der Waals surface area contributed by atoms with Gasteiger partial charge in [-0.3, -0.25) is 0 Å². The average Bonchev–Trinajstić information content (AvgIpc) is 2.56. The van der Waals surface area contributed by atoms with Gasteiger partial charge in [-0.1, -0.05) is 20.1 Å². The van der Waals surface area contributed by atoms with E-state index in [9.17, 15) is 9.59 Å². The summed E-state index contributed by atoms with van der Waals surface area (Å²) in [6, 6.07) is 0. The molecule has 0 aliphatic rings. The fraction of sp³-hybridized carbons (Fsp3) is 0.667. The first-order valence-electron chi connectivity index (χ1n) is 8.18. The topological polar surface area (TPSA) is 71.1 Å². The van der Waals surface area contributed by atoms with E-state index in [-0.39, 0.29) is 18.3 Å². The minimum absolute atomic E-state index is 0.0342. The second-order valence-corrected chi connectivity index (χ2v) is 5.79. The molecule has 6 heteroatoms. The maximum Gasteiger partial charge on any atom is 0.330 e. The van der Waals surface area contributed by atoms with Gasteiger partial charge in [0.25, 0.3) is 0 Å². The lowest BCUT2D eigenvalue weighted by Gasteiger charge is -2.26. The molecule has 0 aromatic rings. The van der Waals surface area contributed by atoms with Crippen LogP contribution in [0.15, 0.2) is 25.3 Å². The van der Waals surface area contributed by atoms with Crippen molar-refractivity contribution in [2.75, 3.05) is 26.4 Å². The molecule has 0 saturated carbocycles. The first kappa shape index (κ1) is 22.3. The molecule has 1 atom stereocenters. The van der Waals surface area contributed by atoms with Crippen LogP contribution >= 0.6 is 0 Å². The van der Waals surface area contributed by atoms with Crippen LogP contribution in [-0.4, -0.2) is 50.1 Å². The summed E-state index contributed by atoms with van der Waals surface area (Å²) in [6.07, 6.45) is 4.49. The van der Waals surface area contributed by atoms with Crippen LogP contribution in [0.4, 0.5) is 0 Å². The smallest absolute Gasteiger partial charge is 0.330 e. The van der Waals surface area contributed by atoms with Crippen molar-refractivity contribution in [3.63, 3.8) is 0 Å². The first-order chi connectivity index (χ1) is 11.3. The van der Waals surface area contributed by atoms with Crippen molar-refractivity contribution in [3.8, 4) is 0 Å². The van der Waals surface area contributed by atoms with Crippen molar-refractivity contribution in [2.45, 2.75) is 51.7 Å². The highest BCUT2D eigenvalue weighted by atomic mass is 16.6. The lowest BCUT2D eigenvalue weighted by molar-refractivity contribution is -0.142. The van der Waals surface area contributed by atoms with Crippen LogP contribution in [0, 0.1) is 0 Å². The summed E-state index contributed by atoms with van der Waals surface area (Å²) < 4.78 is 21.3. The van der Waals surface area contributed by atoms with Gasteiger partial charge in [-0.2, -0.15) is 0 Å². The van der Waals surface area contributed by atoms with E-state index < -0.39 is 11.9 Å². The molecular weight excluding hydrogens is 312 g/mol. The predicted molar refractivity (Wildman–Crippen MR) is 91.6 cm³/mol. The van der Waals surface area contributed by atoms with Gasteiger partial charge in [0.2, 0.25) is 0 Å². The molecule has 0 spiro atoms. The highest BCUT2D eigenvalue weighted by molar-refractivity contribution is 5.81. The number of hydrogen-bond donors (Lipinski definition) is 0. The summed E-state index contributed by atoms with van der Waals surface area (Å²) in [7, 11) is 0. The zero-order valence-corrected chi connectivity index (χ0v) is 15.0. The van der Waals surface area contributed by atoms with E-state index in [0.29, 0.717) is 32.7 Å². The van der Waals surface area contributed by atoms with Crippen molar-refractivity contribution in [1.29, 1.82) is 0 Å². The molecule has 0 radical (unpaired) electrons. The number of carbonyl (C=O) groups is 2. The molecule has 0 N–H and O–H groups in total. The molecule has 0 fully saturated rings. The number of esters is 2. The third kappa shape index (κ3) is 11.8. The fourth-order valence-electron chi connectivity index (χ4n) is 1.82. The molecule has 0 saturated heterocycles. The Morgan fingerprint density at radius 2 is 1.58 bits per heavy atom. The predicted octanol–water partition coefficient (Wildman–Crippen LogP) is 2.82. The Bertz CT molecular complexity index is 402. The van der Waals surface area contributed by atoms with Gasteiger partial charge in [0.1, 0.15) is 6.61 Å². The third-order valence-corrected chi connectivity index (χ3v) is 3.35. The van der Waals surface area contributed by atoms with Crippen LogP contribution < -0.4 is 0 Å². The molecule has 0 heterocycles. The summed E-state index contributed by atoms with van der Waals surface area (Å²) in [6.45, 7) is 14.0. The summed E-state index contributed by atoms with van der Waals surface area (Å²) in [4.78, 5) is 21.9. The van der Waals surface area contributed by atoms with E-state index in [1.54, 1.807) is 0 Å². The van der Waals surface area contributed by atoms with E-state index >= 15 is 0 Å². The third-order valence-electron chi connectivity index (χ3n) is 3.35. The van der Waals surface area contributed by atoms with Crippen molar-refractivity contribution in [3.05, 3.63) is 25.3 Å². The van der Waals surface area contributed by atoms with Crippen LogP contribution in [0.1, 0.15) is 40.0 Å². The number of hydrogen-bond acceptors (Lipinski definition) is 6. The Morgan fingerprint density at radius 3 is 2.12 bits per heavy atom. The molecule has 138 valence electrons. The van der Waals surface area contributed by atoms with E-state index in [1.165, 1.54) is 0 Å². The average molecular weight is 342 g/mol. The van der Waals surface area contributed by atoms with Crippen LogP contribution in [0.5, 0.6) is 0 Å². The van der Waals surface area contributed by atoms with Crippen LogP contribution in [0.3, 0.4) is 0 Å². The zero-order chi connectivity index (χ0) is 18.4. The van der Waals surface area contributed by atoms with Gasteiger partial charge in [0.05, 0.1) is 24.9 Å². The van der Waals surface area contributed by atoms with E-state index in [1.807, 2.05) is 20.8 Å². The van der Waals surface area contributed by atoms with Gasteiger partial charge in [0.15, 0.2) is 0 Å². The second-order valence-electron chi connectivity index (χ2n) is 5.79. The van der Waals surface area contributed by atoms with E-state index in [0.717, 1.165) is 18.6 Å². The number of carbonyl (C=O) groups excluding carboxylic acids is 2. The van der Waals surface area contributed by atoms with Crippen molar-refractivity contribution in [2.24, 2.45) is 0 Å². The van der Waals surface area contributed by atoms with Gasteiger partial charge in [-0.05, 0) is 26.7 Å². The second kappa shape index (κ2) is 12.7. The molecule has 1 unspecified atom stereocenters. The Balaban J connectivity index is 3.90. The van der Waals surface area contributed by atoms with E-state index in [2.05, 4.69) is 13.2 Å². The van der Waals surface area contributed by atoms with Crippen LogP contribution in [0.25, 0.3) is 0 Å². The summed E-state index contributed by atoms with van der Waals surface area (Å²) in [5, 5.41) is 0. The lowest BCUT2D eigenvalue weighted by atomic mass is 10.1.